The molecule has 2 N–H and O–H groups in total. The zero-order chi connectivity index (χ0) is 14.5. The van der Waals surface area contributed by atoms with E-state index in [1.54, 1.807) is 32.2 Å². The first-order chi connectivity index (χ1) is 9.67. The minimum Gasteiger partial charge on any atom is -0.467 e. The van der Waals surface area contributed by atoms with Gasteiger partial charge in [-0.3, -0.25) is 5.32 Å². The van der Waals surface area contributed by atoms with Gasteiger partial charge in [0.1, 0.15) is 11.8 Å². The van der Waals surface area contributed by atoms with Crippen molar-refractivity contribution >= 4 is 11.9 Å². The predicted octanol–water partition coefficient (Wildman–Crippen LogP) is 1.19. The summed E-state index contributed by atoms with van der Waals surface area (Å²) in [4.78, 5) is 16.3. The van der Waals surface area contributed by atoms with Crippen LogP contribution in [0.3, 0.4) is 0 Å². The van der Waals surface area contributed by atoms with Crippen LogP contribution in [0.4, 0.5) is 0 Å². The van der Waals surface area contributed by atoms with Crippen LogP contribution in [0, 0.1) is 11.5 Å². The molecule has 0 aliphatic carbocycles. The van der Waals surface area contributed by atoms with Crippen LogP contribution in [0.5, 0.6) is 0 Å². The molecule has 0 saturated carbocycles. The summed E-state index contributed by atoms with van der Waals surface area (Å²) in [5.41, 5.74) is 0.933. The van der Waals surface area contributed by atoms with E-state index >= 15 is 0 Å². The minimum absolute atomic E-state index is 0.263. The van der Waals surface area contributed by atoms with Crippen molar-refractivity contribution in [1.82, 2.24) is 10.6 Å². The van der Waals surface area contributed by atoms with E-state index in [0.717, 1.165) is 0 Å². The zero-order valence-corrected chi connectivity index (χ0v) is 11.1. The third kappa shape index (κ3) is 2.64. The van der Waals surface area contributed by atoms with Gasteiger partial charge < -0.3 is 14.5 Å². The maximum absolute atomic E-state index is 12.1. The van der Waals surface area contributed by atoms with Crippen LogP contribution < -0.4 is 10.6 Å². The van der Waals surface area contributed by atoms with Gasteiger partial charge in [-0.1, -0.05) is 0 Å². The summed E-state index contributed by atoms with van der Waals surface area (Å²) in [5, 5.41) is 13.9. The Kier molecular flexibility index (Phi) is 4.05. The van der Waals surface area contributed by atoms with Gasteiger partial charge in [0, 0.05) is 5.70 Å². The van der Waals surface area contributed by atoms with Crippen LogP contribution in [0.15, 0.2) is 39.1 Å². The molecule has 1 atom stereocenters. The first kappa shape index (κ1) is 13.7. The van der Waals surface area contributed by atoms with Crippen molar-refractivity contribution in [3.63, 3.8) is 0 Å². The number of allylic oxidation sites excluding steroid dienone is 1. The Balaban J connectivity index is 2.40. The smallest absolute Gasteiger partial charge is 0.338 e. The first-order valence-corrected chi connectivity index (χ1v) is 6.08. The summed E-state index contributed by atoms with van der Waals surface area (Å²) in [7, 11) is 0. The van der Waals surface area contributed by atoms with Crippen molar-refractivity contribution in [3.05, 3.63) is 35.4 Å². The second-order valence-corrected chi connectivity index (χ2v) is 4.02. The van der Waals surface area contributed by atoms with E-state index in [9.17, 15) is 4.79 Å². The lowest BCUT2D eigenvalue weighted by molar-refractivity contribution is -0.139. The number of nitrogens with zero attached hydrogens (tertiary/aromatic N) is 2. The van der Waals surface area contributed by atoms with E-state index in [4.69, 9.17) is 14.4 Å². The van der Waals surface area contributed by atoms with Crippen LogP contribution >= 0.6 is 0 Å². The molecule has 0 aromatic carbocycles. The van der Waals surface area contributed by atoms with Gasteiger partial charge in [0.2, 0.25) is 5.96 Å². The maximum atomic E-state index is 12.1. The van der Waals surface area contributed by atoms with E-state index in [2.05, 4.69) is 15.6 Å². The van der Waals surface area contributed by atoms with Gasteiger partial charge >= 0.3 is 5.97 Å². The molecule has 1 aliphatic rings. The molecule has 7 nitrogen and oxygen atoms in total. The molecule has 0 fully saturated rings. The fourth-order valence-electron chi connectivity index (χ4n) is 1.92. The van der Waals surface area contributed by atoms with Crippen LogP contribution in [0.2, 0.25) is 0 Å². The normalized spacial score (nSPS) is 17.9. The molecule has 0 radical (unpaired) electrons. The quantitative estimate of drug-likeness (QED) is 0.488. The molecule has 1 aliphatic heterocycles. The van der Waals surface area contributed by atoms with Crippen LogP contribution in [-0.4, -0.2) is 18.5 Å². The number of furan rings is 1. The highest BCUT2D eigenvalue weighted by Gasteiger charge is 2.31. The largest absolute Gasteiger partial charge is 0.467 e. The van der Waals surface area contributed by atoms with Gasteiger partial charge in [0.05, 0.1) is 18.4 Å². The van der Waals surface area contributed by atoms with Gasteiger partial charge in [-0.2, -0.15) is 5.26 Å². The standard InChI is InChI=1S/C13H14N4O3/c1-3-19-12(18)10-8(2)16-13(15-7-14)17-11(10)9-5-4-6-20-9/h4-6,11H,3H2,1-2H3,(H2,15,16,17). The SMILES string of the molecule is CCOC(=O)C1=C(C)NC(NC#N)=NC1c1ccco1. The molecule has 104 valence electrons. The monoisotopic (exact) mass is 274 g/mol. The Morgan fingerprint density at radius 3 is 3.10 bits per heavy atom. The molecule has 1 aromatic rings. The average Bonchev–Trinajstić information content (AvgIpc) is 2.92. The summed E-state index contributed by atoms with van der Waals surface area (Å²) < 4.78 is 10.4. The number of carbonyl (C=O) groups is 1. The first-order valence-electron chi connectivity index (χ1n) is 6.08. The third-order valence-electron chi connectivity index (χ3n) is 2.72. The summed E-state index contributed by atoms with van der Waals surface area (Å²) in [5.74, 6) is 0.309. The number of guanidine groups is 1. The molecule has 0 amide bonds. The number of carbonyl (C=O) groups excluding carboxylic acids is 1. The fourth-order valence-corrected chi connectivity index (χ4v) is 1.92. The fraction of sp³-hybridized carbons (Fsp3) is 0.308. The van der Waals surface area contributed by atoms with Gasteiger partial charge in [0.15, 0.2) is 6.19 Å². The lowest BCUT2D eigenvalue weighted by Gasteiger charge is -2.23. The Morgan fingerprint density at radius 1 is 1.70 bits per heavy atom. The highest BCUT2D eigenvalue weighted by molar-refractivity contribution is 5.95. The predicted molar refractivity (Wildman–Crippen MR) is 70.1 cm³/mol. The van der Waals surface area contributed by atoms with E-state index in [-0.39, 0.29) is 12.6 Å². The van der Waals surface area contributed by atoms with Crippen LogP contribution in [-0.2, 0) is 9.53 Å². The second kappa shape index (κ2) is 5.93. The van der Waals surface area contributed by atoms with Gasteiger partial charge in [-0.05, 0) is 26.0 Å². The second-order valence-electron chi connectivity index (χ2n) is 4.02. The molecule has 0 bridgehead atoms. The number of nitrogens with one attached hydrogen (secondary N) is 2. The third-order valence-corrected chi connectivity index (χ3v) is 2.72. The maximum Gasteiger partial charge on any atom is 0.338 e. The van der Waals surface area contributed by atoms with E-state index < -0.39 is 12.0 Å². The van der Waals surface area contributed by atoms with Crippen molar-refractivity contribution in [3.8, 4) is 6.19 Å². The Labute approximate surface area is 115 Å². The molecule has 7 heteroatoms. The highest BCUT2D eigenvalue weighted by atomic mass is 16.5. The van der Waals surface area contributed by atoms with E-state index in [1.807, 2.05) is 0 Å². The molecular formula is C13H14N4O3. The van der Waals surface area contributed by atoms with Crippen molar-refractivity contribution in [2.45, 2.75) is 19.9 Å². The molecule has 2 rings (SSSR count). The molecular weight excluding hydrogens is 260 g/mol. The van der Waals surface area contributed by atoms with Crippen molar-refractivity contribution in [2.24, 2.45) is 4.99 Å². The van der Waals surface area contributed by atoms with Gasteiger partial charge in [0.25, 0.3) is 0 Å². The Morgan fingerprint density at radius 2 is 2.50 bits per heavy atom. The van der Waals surface area contributed by atoms with E-state index in [1.165, 1.54) is 6.26 Å². The topological polar surface area (TPSA) is 99.7 Å². The minimum atomic E-state index is -0.638. The number of rotatable bonds is 3. The lowest BCUT2D eigenvalue weighted by atomic mass is 10.0. The molecule has 1 unspecified atom stereocenters. The van der Waals surface area contributed by atoms with Crippen molar-refractivity contribution < 1.29 is 13.9 Å². The summed E-state index contributed by atoms with van der Waals surface area (Å²) in [6, 6.07) is 2.79. The van der Waals surface area contributed by atoms with Crippen molar-refractivity contribution in [2.75, 3.05) is 6.61 Å². The van der Waals surface area contributed by atoms with Crippen LogP contribution in [0.1, 0.15) is 25.6 Å². The number of hydrogen-bond donors (Lipinski definition) is 2. The molecule has 0 saturated heterocycles. The number of hydrogen-bond acceptors (Lipinski definition) is 7. The summed E-state index contributed by atoms with van der Waals surface area (Å²) >= 11 is 0. The molecule has 0 spiro atoms. The number of aliphatic imine (C=N–C) groups is 1. The molecule has 20 heavy (non-hydrogen) atoms. The zero-order valence-electron chi connectivity index (χ0n) is 11.1. The summed E-state index contributed by atoms with van der Waals surface area (Å²) in [6.45, 7) is 3.72. The van der Waals surface area contributed by atoms with Crippen molar-refractivity contribution in [1.29, 1.82) is 5.26 Å². The number of ether oxygens (including phenoxy) is 1. The average molecular weight is 274 g/mol. The van der Waals surface area contributed by atoms with Crippen LogP contribution in [0.25, 0.3) is 0 Å². The number of nitriles is 1. The van der Waals surface area contributed by atoms with E-state index in [0.29, 0.717) is 17.0 Å². The Hall–Kier alpha value is -2.75. The molecule has 1 aromatic heterocycles. The number of esters is 1. The highest BCUT2D eigenvalue weighted by Crippen LogP contribution is 2.31. The van der Waals surface area contributed by atoms with Gasteiger partial charge in [-0.25, -0.2) is 9.79 Å². The summed E-state index contributed by atoms with van der Waals surface area (Å²) in [6.07, 6.45) is 3.28. The molecule has 2 heterocycles. The van der Waals surface area contributed by atoms with Gasteiger partial charge in [-0.15, -0.1) is 0 Å². The lowest BCUT2D eigenvalue weighted by Crippen LogP contribution is -2.39. The Bertz CT molecular complexity index is 596.